The topological polar surface area (TPSA) is 15.3 Å². The van der Waals surface area contributed by atoms with E-state index in [1.165, 1.54) is 21.9 Å². The molecule has 0 unspecified atom stereocenters. The van der Waals surface area contributed by atoms with Crippen molar-refractivity contribution in [1.82, 2.24) is 10.2 Å². The monoisotopic (exact) mass is 312 g/mol. The van der Waals surface area contributed by atoms with E-state index in [0.717, 1.165) is 38.3 Å². The second-order valence-corrected chi connectivity index (χ2v) is 5.97. The van der Waals surface area contributed by atoms with E-state index < -0.39 is 0 Å². The average molecular weight is 313 g/mol. The van der Waals surface area contributed by atoms with Gasteiger partial charge in [0.25, 0.3) is 0 Å². The molecule has 1 aromatic heterocycles. The summed E-state index contributed by atoms with van der Waals surface area (Å²) in [6.07, 6.45) is 0. The Labute approximate surface area is 129 Å². The lowest BCUT2D eigenvalue weighted by molar-refractivity contribution is 0.235. The Hall–Kier alpha value is -0.940. The highest BCUT2D eigenvalue weighted by atomic mass is 35.5. The lowest BCUT2D eigenvalue weighted by Crippen LogP contribution is -2.42. The summed E-state index contributed by atoms with van der Waals surface area (Å²) in [5.74, 6) is -0.179. The molecule has 0 bridgehead atoms. The Morgan fingerprint density at radius 1 is 1.05 bits per heavy atom. The molecule has 5 heteroatoms. The first-order chi connectivity index (χ1) is 9.31. The van der Waals surface area contributed by atoms with E-state index in [1.807, 2.05) is 12.1 Å². The van der Waals surface area contributed by atoms with Crippen molar-refractivity contribution in [1.29, 1.82) is 0 Å². The second-order valence-electron chi connectivity index (χ2n) is 4.80. The van der Waals surface area contributed by atoms with Crippen LogP contribution in [0.3, 0.4) is 0 Å². The number of rotatable bonds is 3. The molecule has 0 spiro atoms. The van der Waals surface area contributed by atoms with Crippen molar-refractivity contribution in [2.24, 2.45) is 0 Å². The number of halogens is 2. The predicted octanol–water partition coefficient (Wildman–Crippen LogP) is 3.38. The molecular formula is C15H18ClFN2S. The van der Waals surface area contributed by atoms with Crippen molar-refractivity contribution in [3.05, 3.63) is 47.1 Å². The van der Waals surface area contributed by atoms with Gasteiger partial charge in [0.05, 0.1) is 0 Å². The summed E-state index contributed by atoms with van der Waals surface area (Å²) >= 11 is 1.80. The molecule has 20 heavy (non-hydrogen) atoms. The molecule has 1 aliphatic rings. The largest absolute Gasteiger partial charge is 0.314 e. The molecule has 1 aromatic carbocycles. The third kappa shape index (κ3) is 3.79. The van der Waals surface area contributed by atoms with E-state index in [4.69, 9.17) is 0 Å². The van der Waals surface area contributed by atoms with Gasteiger partial charge in [-0.25, -0.2) is 4.39 Å². The average Bonchev–Trinajstić information content (AvgIpc) is 2.89. The number of hydrogen-bond donors (Lipinski definition) is 1. The molecule has 2 nitrogen and oxygen atoms in total. The summed E-state index contributed by atoms with van der Waals surface area (Å²) in [7, 11) is 0. The number of thiophene rings is 1. The maximum absolute atomic E-state index is 12.9. The predicted molar refractivity (Wildman–Crippen MR) is 85.1 cm³/mol. The van der Waals surface area contributed by atoms with Gasteiger partial charge in [-0.15, -0.1) is 23.7 Å². The number of nitrogens with one attached hydrogen (secondary N) is 1. The van der Waals surface area contributed by atoms with Gasteiger partial charge < -0.3 is 5.32 Å². The van der Waals surface area contributed by atoms with Crippen LogP contribution < -0.4 is 5.32 Å². The minimum absolute atomic E-state index is 0. The van der Waals surface area contributed by atoms with Crippen molar-refractivity contribution < 1.29 is 4.39 Å². The zero-order valence-corrected chi connectivity index (χ0v) is 12.8. The Bertz CT molecular complexity index is 535. The number of benzene rings is 1. The molecule has 108 valence electrons. The standard InChI is InChI=1S/C15H17FN2S.ClH/c16-13-3-1-12(2-4-13)15-6-5-14(19-15)11-18-9-7-17-8-10-18;/h1-6,17H,7-11H2;1H. The smallest absolute Gasteiger partial charge is 0.123 e. The van der Waals surface area contributed by atoms with Crippen LogP contribution in [-0.4, -0.2) is 31.1 Å². The fourth-order valence-electron chi connectivity index (χ4n) is 2.32. The quantitative estimate of drug-likeness (QED) is 0.934. The van der Waals surface area contributed by atoms with Gasteiger partial charge >= 0.3 is 0 Å². The summed E-state index contributed by atoms with van der Waals surface area (Å²) in [5, 5.41) is 3.36. The Kier molecular flexibility index (Phi) is 5.54. The number of hydrogen-bond acceptors (Lipinski definition) is 3. The molecule has 1 aliphatic heterocycles. The van der Waals surface area contributed by atoms with Gasteiger partial charge in [-0.05, 0) is 29.8 Å². The molecular weight excluding hydrogens is 295 g/mol. The fourth-order valence-corrected chi connectivity index (χ4v) is 3.38. The van der Waals surface area contributed by atoms with Gasteiger partial charge in [0.15, 0.2) is 0 Å². The first-order valence-electron chi connectivity index (χ1n) is 6.59. The lowest BCUT2D eigenvalue weighted by Gasteiger charge is -2.26. The van der Waals surface area contributed by atoms with Crippen LogP contribution in [0.5, 0.6) is 0 Å². The molecule has 2 aromatic rings. The van der Waals surface area contributed by atoms with Crippen LogP contribution >= 0.6 is 23.7 Å². The van der Waals surface area contributed by atoms with E-state index in [2.05, 4.69) is 22.3 Å². The maximum Gasteiger partial charge on any atom is 0.123 e. The molecule has 0 aliphatic carbocycles. The SMILES string of the molecule is Cl.Fc1ccc(-c2ccc(CN3CCNCC3)s2)cc1. The lowest BCUT2D eigenvalue weighted by atomic mass is 10.2. The highest BCUT2D eigenvalue weighted by molar-refractivity contribution is 7.15. The van der Waals surface area contributed by atoms with E-state index >= 15 is 0 Å². The van der Waals surface area contributed by atoms with Crippen molar-refractivity contribution in [3.8, 4) is 10.4 Å². The summed E-state index contributed by atoms with van der Waals surface area (Å²) < 4.78 is 12.9. The summed E-state index contributed by atoms with van der Waals surface area (Å²) in [5.41, 5.74) is 1.10. The summed E-state index contributed by atoms with van der Waals surface area (Å²) in [6, 6.07) is 11.0. The van der Waals surface area contributed by atoms with Crippen LogP contribution in [0.1, 0.15) is 4.88 Å². The number of nitrogens with zero attached hydrogens (tertiary/aromatic N) is 1. The van der Waals surface area contributed by atoms with Crippen molar-refractivity contribution in [2.75, 3.05) is 26.2 Å². The Morgan fingerprint density at radius 3 is 2.45 bits per heavy atom. The minimum Gasteiger partial charge on any atom is -0.314 e. The Balaban J connectivity index is 0.00000147. The molecule has 0 amide bonds. The third-order valence-electron chi connectivity index (χ3n) is 3.38. The van der Waals surface area contributed by atoms with E-state index in [-0.39, 0.29) is 18.2 Å². The number of piperazine rings is 1. The van der Waals surface area contributed by atoms with Crippen LogP contribution in [0.4, 0.5) is 4.39 Å². The van der Waals surface area contributed by atoms with Crippen LogP contribution in [0.15, 0.2) is 36.4 Å². The van der Waals surface area contributed by atoms with Crippen LogP contribution in [0.25, 0.3) is 10.4 Å². The van der Waals surface area contributed by atoms with Gasteiger partial charge in [-0.1, -0.05) is 12.1 Å². The first kappa shape index (κ1) is 15.4. The normalized spacial score (nSPS) is 15.8. The van der Waals surface area contributed by atoms with E-state index in [9.17, 15) is 4.39 Å². The van der Waals surface area contributed by atoms with Gasteiger partial charge in [0.2, 0.25) is 0 Å². The first-order valence-corrected chi connectivity index (χ1v) is 7.41. The zero-order valence-electron chi connectivity index (χ0n) is 11.1. The molecule has 2 heterocycles. The van der Waals surface area contributed by atoms with Crippen LogP contribution in [0.2, 0.25) is 0 Å². The van der Waals surface area contributed by atoms with Crippen LogP contribution in [0, 0.1) is 5.82 Å². The second kappa shape index (κ2) is 7.18. The molecule has 0 radical (unpaired) electrons. The van der Waals surface area contributed by atoms with Gasteiger partial charge in [0.1, 0.15) is 5.82 Å². The van der Waals surface area contributed by atoms with Crippen molar-refractivity contribution in [2.45, 2.75) is 6.54 Å². The van der Waals surface area contributed by atoms with E-state index in [1.54, 1.807) is 11.3 Å². The molecule has 3 rings (SSSR count). The fraction of sp³-hybridized carbons (Fsp3) is 0.333. The Morgan fingerprint density at radius 2 is 1.75 bits per heavy atom. The molecule has 0 atom stereocenters. The molecule has 1 N–H and O–H groups in total. The summed E-state index contributed by atoms with van der Waals surface area (Å²) in [4.78, 5) is 5.06. The summed E-state index contributed by atoms with van der Waals surface area (Å²) in [6.45, 7) is 5.41. The van der Waals surface area contributed by atoms with Gasteiger partial charge in [-0.3, -0.25) is 4.90 Å². The van der Waals surface area contributed by atoms with Gasteiger partial charge in [-0.2, -0.15) is 0 Å². The minimum atomic E-state index is -0.179. The van der Waals surface area contributed by atoms with Crippen molar-refractivity contribution in [3.63, 3.8) is 0 Å². The molecule has 1 fully saturated rings. The van der Waals surface area contributed by atoms with Crippen LogP contribution in [-0.2, 0) is 6.54 Å². The van der Waals surface area contributed by atoms with Gasteiger partial charge in [0, 0.05) is 42.5 Å². The van der Waals surface area contributed by atoms with E-state index in [0.29, 0.717) is 0 Å². The third-order valence-corrected chi connectivity index (χ3v) is 4.50. The maximum atomic E-state index is 12.9. The van der Waals surface area contributed by atoms with Crippen molar-refractivity contribution >= 4 is 23.7 Å². The molecule has 0 saturated carbocycles. The highest BCUT2D eigenvalue weighted by Gasteiger charge is 2.11. The highest BCUT2D eigenvalue weighted by Crippen LogP contribution is 2.28. The zero-order chi connectivity index (χ0) is 13.1. The molecule has 1 saturated heterocycles.